The van der Waals surface area contributed by atoms with Gasteiger partial charge in [0.2, 0.25) is 0 Å². The summed E-state index contributed by atoms with van der Waals surface area (Å²) in [5, 5.41) is 14.1. The lowest BCUT2D eigenvalue weighted by Crippen LogP contribution is -2.48. The topological polar surface area (TPSA) is 386 Å². The van der Waals surface area contributed by atoms with E-state index in [1.165, 1.54) is 39.8 Å². The molecule has 3 aromatic rings. The standard InChI is InChI=1S/C36H54N10O18P2S/c1-35(2,3)62-33(50)42-19(8-7-18-12-44(17-67-18)34(51)63-36(4,5)6)31(48)61-27-22(60-30(26(27)47)46-16-41-25-28(38)39-15-40-29(25)46)14-58-66(55,56)64-20-11-24(45-10-9-23(37)43-32(45)49)59-21(20)13-57-65(52,53)54/h9-10,15-16,18-22,24,26-27,30,47H,7-8,11-14,17H2,1-6H3,(H,42,50)(H,55,56)(H2,37,43,49)(H2,38,39,40)(H2,52,53,54)/t18-,19?,20-,21+,22+,24+,26+,27+,30+/m0/s1. The summed E-state index contributed by atoms with van der Waals surface area (Å²) in [6.07, 6.45) is -8.74. The van der Waals surface area contributed by atoms with E-state index in [0.717, 1.165) is 10.9 Å². The summed E-state index contributed by atoms with van der Waals surface area (Å²) in [6.45, 7) is 8.57. The number of thioether (sulfide) groups is 1. The number of aliphatic hydroxyl groups excluding tert-OH is 1. The third kappa shape index (κ3) is 14.0. The summed E-state index contributed by atoms with van der Waals surface area (Å²) in [7, 11) is -10.4. The van der Waals surface area contributed by atoms with Crippen LogP contribution in [0, 0.1) is 0 Å². The Morgan fingerprint density at radius 1 is 0.985 bits per heavy atom. The van der Waals surface area contributed by atoms with Gasteiger partial charge in [0, 0.05) is 24.4 Å². The van der Waals surface area contributed by atoms with Gasteiger partial charge in [-0.3, -0.25) is 27.6 Å². The highest BCUT2D eigenvalue weighted by atomic mass is 32.2. The van der Waals surface area contributed by atoms with E-state index in [4.69, 9.17) is 44.2 Å². The number of alkyl carbamates (subject to hydrolysis) is 1. The summed E-state index contributed by atoms with van der Waals surface area (Å²) in [5.74, 6) is -0.881. The molecule has 3 aliphatic rings. The number of carbonyl (C=O) groups excluding carboxylic acids is 3. The van der Waals surface area contributed by atoms with E-state index >= 15 is 0 Å². The minimum atomic E-state index is -5.27. The largest absolute Gasteiger partial charge is 0.472 e. The van der Waals surface area contributed by atoms with E-state index in [0.29, 0.717) is 5.88 Å². The van der Waals surface area contributed by atoms with Crippen LogP contribution in [0.2, 0.25) is 0 Å². The van der Waals surface area contributed by atoms with Crippen molar-refractivity contribution in [2.24, 2.45) is 0 Å². The van der Waals surface area contributed by atoms with Crippen LogP contribution < -0.4 is 22.5 Å². The minimum Gasteiger partial charge on any atom is -0.455 e. The molecule has 28 nitrogen and oxygen atoms in total. The van der Waals surface area contributed by atoms with Crippen molar-refractivity contribution in [3.63, 3.8) is 0 Å². The van der Waals surface area contributed by atoms with Crippen molar-refractivity contribution in [1.82, 2.24) is 39.3 Å². The number of ether oxygens (including phenoxy) is 5. The molecule has 3 fully saturated rings. The molecule has 3 saturated heterocycles. The van der Waals surface area contributed by atoms with Crippen LogP contribution in [0.3, 0.4) is 0 Å². The first kappa shape index (κ1) is 51.9. The fourth-order valence-corrected chi connectivity index (χ4v) is 9.54. The molecule has 0 aliphatic carbocycles. The average molecular weight is 1010 g/mol. The number of nitrogens with two attached hydrogens (primary N) is 2. The number of aromatic nitrogens is 6. The molecule has 0 saturated carbocycles. The normalized spacial score (nSPS) is 26.0. The highest BCUT2D eigenvalue weighted by Crippen LogP contribution is 2.50. The molecule has 372 valence electrons. The Balaban J connectivity index is 1.21. The highest BCUT2D eigenvalue weighted by Gasteiger charge is 2.50. The molecule has 9 N–H and O–H groups in total. The van der Waals surface area contributed by atoms with E-state index in [2.05, 4.69) is 29.8 Å². The first-order chi connectivity index (χ1) is 31.1. The van der Waals surface area contributed by atoms with Crippen molar-refractivity contribution >= 4 is 68.4 Å². The van der Waals surface area contributed by atoms with Gasteiger partial charge in [0.1, 0.15) is 65.5 Å². The second kappa shape index (κ2) is 20.6. The minimum absolute atomic E-state index is 0.0108. The molecule has 3 aliphatic heterocycles. The molecule has 67 heavy (non-hydrogen) atoms. The molecular formula is C36H54N10O18P2S. The van der Waals surface area contributed by atoms with Gasteiger partial charge in [-0.25, -0.2) is 43.3 Å². The molecule has 0 aromatic carbocycles. The molecule has 0 bridgehead atoms. The Hall–Kier alpha value is -4.51. The molecule has 10 atom stereocenters. The van der Waals surface area contributed by atoms with Gasteiger partial charge in [0.05, 0.1) is 25.4 Å². The Bertz CT molecular complexity index is 2430. The highest BCUT2D eigenvalue weighted by molar-refractivity contribution is 8.00. The van der Waals surface area contributed by atoms with Crippen LogP contribution in [-0.2, 0) is 51.2 Å². The Labute approximate surface area is 386 Å². The number of nitrogens with one attached hydrogen (secondary N) is 1. The van der Waals surface area contributed by atoms with Gasteiger partial charge in [-0.15, -0.1) is 11.8 Å². The molecule has 31 heteroatoms. The fraction of sp³-hybridized carbons (Fsp3) is 0.667. The third-order valence-electron chi connectivity index (χ3n) is 9.94. The number of nitrogen functional groups attached to an aromatic ring is 2. The Morgan fingerprint density at radius 2 is 1.69 bits per heavy atom. The molecule has 3 aromatic heterocycles. The van der Waals surface area contributed by atoms with Crippen LogP contribution in [0.1, 0.15) is 73.3 Å². The molecular weight excluding hydrogens is 954 g/mol. The number of nitrogens with zero attached hydrogens (tertiary/aromatic N) is 7. The molecule has 0 radical (unpaired) electrons. The van der Waals surface area contributed by atoms with Gasteiger partial charge in [0.25, 0.3) is 0 Å². The number of fused-ring (bicyclic) bond motifs is 1. The second-order valence-corrected chi connectivity index (χ2v) is 21.4. The van der Waals surface area contributed by atoms with Crippen LogP contribution in [0.4, 0.5) is 21.2 Å². The SMILES string of the molecule is CC(C)(C)OC(=O)NC(CC[C@H]1CN(C(=O)OC(C)(C)C)CS1)C(=O)O[C@H]1[C@@H](O)[C@H](n2cnc3c(N)ncnc32)O[C@@H]1COP(=O)(O)O[C@H]1C[C@H](n2ccc(N)nc2=O)O[C@@H]1COP(=O)(O)O. The Morgan fingerprint density at radius 3 is 2.36 bits per heavy atom. The van der Waals surface area contributed by atoms with Gasteiger partial charge in [-0.05, 0) is 60.5 Å². The first-order valence-corrected chi connectivity index (χ1v) is 24.6. The monoisotopic (exact) mass is 1010 g/mol. The quantitative estimate of drug-likeness (QED) is 0.0604. The number of rotatable bonds is 16. The van der Waals surface area contributed by atoms with E-state index < -0.39 is 113 Å². The summed E-state index contributed by atoms with van der Waals surface area (Å²) >= 11 is 1.44. The summed E-state index contributed by atoms with van der Waals surface area (Å²) in [4.78, 5) is 99.7. The van der Waals surface area contributed by atoms with E-state index in [9.17, 15) is 48.1 Å². The van der Waals surface area contributed by atoms with Crippen LogP contribution in [0.5, 0.6) is 0 Å². The first-order valence-electron chi connectivity index (χ1n) is 20.6. The maximum absolute atomic E-state index is 14.2. The van der Waals surface area contributed by atoms with Crippen molar-refractivity contribution in [2.45, 2.75) is 126 Å². The van der Waals surface area contributed by atoms with Gasteiger partial charge >= 0.3 is 39.5 Å². The molecule has 6 heterocycles. The zero-order valence-electron chi connectivity index (χ0n) is 37.0. The molecule has 2 unspecified atom stereocenters. The van der Waals surface area contributed by atoms with Crippen LogP contribution >= 0.6 is 27.4 Å². The summed E-state index contributed by atoms with van der Waals surface area (Å²) < 4.78 is 71.4. The van der Waals surface area contributed by atoms with E-state index in [1.807, 2.05) is 0 Å². The summed E-state index contributed by atoms with van der Waals surface area (Å²) in [5.41, 5.74) is 9.21. The zero-order valence-corrected chi connectivity index (χ0v) is 39.7. The fourth-order valence-electron chi connectivity index (χ4n) is 7.04. The second-order valence-electron chi connectivity index (χ2n) is 17.5. The smallest absolute Gasteiger partial charge is 0.455 e. The number of phosphoric ester groups is 2. The van der Waals surface area contributed by atoms with Crippen LogP contribution in [0.15, 0.2) is 29.7 Å². The van der Waals surface area contributed by atoms with Crippen molar-refractivity contribution in [2.75, 3.05) is 37.1 Å². The maximum Gasteiger partial charge on any atom is 0.472 e. The van der Waals surface area contributed by atoms with Gasteiger partial charge in [-0.1, -0.05) is 0 Å². The van der Waals surface area contributed by atoms with Gasteiger partial charge in [0.15, 0.2) is 23.8 Å². The number of imidazole rings is 1. The molecule has 2 amide bonds. The van der Waals surface area contributed by atoms with E-state index in [-0.39, 0.29) is 53.9 Å². The van der Waals surface area contributed by atoms with Crippen LogP contribution in [0.25, 0.3) is 11.2 Å². The van der Waals surface area contributed by atoms with Crippen molar-refractivity contribution in [3.05, 3.63) is 35.4 Å². The van der Waals surface area contributed by atoms with Gasteiger partial charge < -0.3 is 60.3 Å². The lowest BCUT2D eigenvalue weighted by Gasteiger charge is -2.27. The van der Waals surface area contributed by atoms with Crippen molar-refractivity contribution < 1.29 is 80.6 Å². The predicted molar refractivity (Wildman–Crippen MR) is 231 cm³/mol. The summed E-state index contributed by atoms with van der Waals surface area (Å²) in [6, 6.07) is -0.133. The average Bonchev–Trinajstić information content (AvgIpc) is 4.00. The maximum atomic E-state index is 14.2. The van der Waals surface area contributed by atoms with Crippen LogP contribution in [-0.4, -0.2) is 151 Å². The number of amides is 2. The lowest BCUT2D eigenvalue weighted by atomic mass is 10.1. The zero-order chi connectivity index (χ0) is 49.2. The lowest BCUT2D eigenvalue weighted by molar-refractivity contribution is -0.159. The van der Waals surface area contributed by atoms with Crippen molar-refractivity contribution in [3.8, 4) is 0 Å². The number of esters is 1. The molecule has 0 spiro atoms. The number of hydrogen-bond acceptors (Lipinski definition) is 22. The number of hydrogen-bond donors (Lipinski definition) is 7. The molecule has 6 rings (SSSR count). The number of carbonyl (C=O) groups is 3. The number of anilines is 2. The Kier molecular flexibility index (Phi) is 16.0. The van der Waals surface area contributed by atoms with Crippen molar-refractivity contribution in [1.29, 1.82) is 0 Å². The number of phosphoric acid groups is 2. The number of aliphatic hydroxyl groups is 1. The third-order valence-corrected chi connectivity index (χ3v) is 12.8. The predicted octanol–water partition coefficient (Wildman–Crippen LogP) is 1.30. The van der Waals surface area contributed by atoms with Gasteiger partial charge in [-0.2, -0.15) is 4.98 Å². The van der Waals surface area contributed by atoms with E-state index in [1.54, 1.807) is 41.5 Å².